The van der Waals surface area contributed by atoms with Crippen LogP contribution >= 0.6 is 11.8 Å². The van der Waals surface area contributed by atoms with Crippen molar-refractivity contribution in [2.24, 2.45) is 5.73 Å². The van der Waals surface area contributed by atoms with Crippen LogP contribution in [0.2, 0.25) is 0 Å². The van der Waals surface area contributed by atoms with Gasteiger partial charge in [-0.3, -0.25) is 0 Å². The molecule has 2 N–H and O–H groups in total. The summed E-state index contributed by atoms with van der Waals surface area (Å²) in [4.78, 5) is 0. The van der Waals surface area contributed by atoms with Gasteiger partial charge in [0.05, 0.1) is 0 Å². The molecule has 0 radical (unpaired) electrons. The predicted molar refractivity (Wildman–Crippen MR) is 65.7 cm³/mol. The standard InChI is InChI=1S/C12H19NS/c1-10-5-3-6-11(2)12(10)9-14-8-4-7-13/h3,5-6H,4,7-9,13H2,1-2H3. The van der Waals surface area contributed by atoms with Gasteiger partial charge < -0.3 is 5.73 Å². The van der Waals surface area contributed by atoms with Crippen molar-refractivity contribution in [2.45, 2.75) is 26.0 Å². The summed E-state index contributed by atoms with van der Waals surface area (Å²) in [6, 6.07) is 6.50. The van der Waals surface area contributed by atoms with Gasteiger partial charge in [-0.15, -0.1) is 0 Å². The van der Waals surface area contributed by atoms with Crippen molar-refractivity contribution in [3.8, 4) is 0 Å². The second kappa shape index (κ2) is 6.10. The van der Waals surface area contributed by atoms with Crippen LogP contribution in [0.5, 0.6) is 0 Å². The summed E-state index contributed by atoms with van der Waals surface area (Å²) in [7, 11) is 0. The molecule has 0 aliphatic carbocycles. The van der Waals surface area contributed by atoms with Gasteiger partial charge in [0.25, 0.3) is 0 Å². The molecule has 0 aromatic heterocycles. The third kappa shape index (κ3) is 3.35. The van der Waals surface area contributed by atoms with Crippen LogP contribution in [0.15, 0.2) is 18.2 Å². The number of aryl methyl sites for hydroxylation is 2. The monoisotopic (exact) mass is 209 g/mol. The van der Waals surface area contributed by atoms with E-state index in [4.69, 9.17) is 5.73 Å². The molecule has 1 aromatic carbocycles. The fourth-order valence-corrected chi connectivity index (χ4v) is 2.61. The summed E-state index contributed by atoms with van der Waals surface area (Å²) < 4.78 is 0. The fourth-order valence-electron chi connectivity index (χ4n) is 1.44. The van der Waals surface area contributed by atoms with Gasteiger partial charge in [0.15, 0.2) is 0 Å². The van der Waals surface area contributed by atoms with Crippen molar-refractivity contribution in [3.63, 3.8) is 0 Å². The number of hydrogen-bond donors (Lipinski definition) is 1. The Kier molecular flexibility index (Phi) is 5.05. The number of benzene rings is 1. The molecule has 0 amide bonds. The highest BCUT2D eigenvalue weighted by molar-refractivity contribution is 7.98. The SMILES string of the molecule is Cc1cccc(C)c1CSCCCN. The molecule has 0 fully saturated rings. The first-order valence-electron chi connectivity index (χ1n) is 5.08. The molecule has 1 aromatic rings. The molecular formula is C12H19NS. The maximum atomic E-state index is 5.45. The minimum absolute atomic E-state index is 0.805. The number of thioether (sulfide) groups is 1. The lowest BCUT2D eigenvalue weighted by Gasteiger charge is -2.08. The summed E-state index contributed by atoms with van der Waals surface area (Å²) in [5.74, 6) is 2.29. The first-order valence-corrected chi connectivity index (χ1v) is 6.24. The summed E-state index contributed by atoms with van der Waals surface area (Å²) in [5, 5.41) is 0. The zero-order chi connectivity index (χ0) is 10.4. The van der Waals surface area contributed by atoms with Gasteiger partial charge in [0, 0.05) is 5.75 Å². The molecule has 0 unspecified atom stereocenters. The van der Waals surface area contributed by atoms with Crippen LogP contribution in [0.1, 0.15) is 23.1 Å². The van der Waals surface area contributed by atoms with E-state index >= 15 is 0 Å². The number of rotatable bonds is 5. The molecule has 0 atom stereocenters. The molecule has 2 heteroatoms. The first-order chi connectivity index (χ1) is 6.75. The lowest BCUT2D eigenvalue weighted by atomic mass is 10.1. The van der Waals surface area contributed by atoms with Gasteiger partial charge in [-0.1, -0.05) is 18.2 Å². The van der Waals surface area contributed by atoms with Gasteiger partial charge in [0.2, 0.25) is 0 Å². The van der Waals surface area contributed by atoms with E-state index < -0.39 is 0 Å². The average molecular weight is 209 g/mol. The molecule has 14 heavy (non-hydrogen) atoms. The normalized spacial score (nSPS) is 10.5. The Morgan fingerprint density at radius 3 is 2.43 bits per heavy atom. The number of nitrogens with two attached hydrogens (primary N) is 1. The van der Waals surface area contributed by atoms with Crippen molar-refractivity contribution < 1.29 is 0 Å². The van der Waals surface area contributed by atoms with Gasteiger partial charge in [-0.05, 0) is 49.3 Å². The van der Waals surface area contributed by atoms with Crippen LogP contribution in [-0.2, 0) is 5.75 Å². The Morgan fingerprint density at radius 2 is 1.86 bits per heavy atom. The summed E-state index contributed by atoms with van der Waals surface area (Å²) in [5.41, 5.74) is 9.76. The van der Waals surface area contributed by atoms with E-state index in [0.29, 0.717) is 0 Å². The van der Waals surface area contributed by atoms with Gasteiger partial charge in [-0.2, -0.15) is 11.8 Å². The maximum absolute atomic E-state index is 5.45. The Morgan fingerprint density at radius 1 is 1.21 bits per heavy atom. The quantitative estimate of drug-likeness (QED) is 0.755. The van der Waals surface area contributed by atoms with E-state index in [1.807, 2.05) is 11.8 Å². The van der Waals surface area contributed by atoms with E-state index in [2.05, 4.69) is 32.0 Å². The smallest absolute Gasteiger partial charge is 0.0189 e. The van der Waals surface area contributed by atoms with Gasteiger partial charge in [0.1, 0.15) is 0 Å². The molecule has 0 spiro atoms. The van der Waals surface area contributed by atoms with Crippen LogP contribution in [-0.4, -0.2) is 12.3 Å². The van der Waals surface area contributed by atoms with E-state index in [1.165, 1.54) is 22.4 Å². The highest BCUT2D eigenvalue weighted by Gasteiger charge is 2.01. The second-order valence-corrected chi connectivity index (χ2v) is 4.67. The molecule has 0 heterocycles. The minimum atomic E-state index is 0.805. The zero-order valence-corrected chi connectivity index (χ0v) is 9.86. The van der Waals surface area contributed by atoms with Gasteiger partial charge >= 0.3 is 0 Å². The minimum Gasteiger partial charge on any atom is -0.330 e. The predicted octanol–water partition coefficient (Wildman–Crippen LogP) is 2.89. The van der Waals surface area contributed by atoms with E-state index in [9.17, 15) is 0 Å². The molecule has 78 valence electrons. The molecule has 1 nitrogen and oxygen atoms in total. The van der Waals surface area contributed by atoms with Gasteiger partial charge in [-0.25, -0.2) is 0 Å². The highest BCUT2D eigenvalue weighted by atomic mass is 32.2. The Hall–Kier alpha value is -0.470. The van der Waals surface area contributed by atoms with Crippen molar-refractivity contribution in [2.75, 3.05) is 12.3 Å². The summed E-state index contributed by atoms with van der Waals surface area (Å²) in [6.45, 7) is 5.18. The highest BCUT2D eigenvalue weighted by Crippen LogP contribution is 2.20. The largest absolute Gasteiger partial charge is 0.330 e. The third-order valence-corrected chi connectivity index (χ3v) is 3.45. The molecule has 0 aliphatic rings. The molecule has 1 rings (SSSR count). The average Bonchev–Trinajstić information content (AvgIpc) is 2.16. The van der Waals surface area contributed by atoms with Crippen molar-refractivity contribution in [1.29, 1.82) is 0 Å². The van der Waals surface area contributed by atoms with Crippen LogP contribution < -0.4 is 5.73 Å². The molecule has 0 saturated carbocycles. The van der Waals surface area contributed by atoms with Crippen LogP contribution in [0.4, 0.5) is 0 Å². The first kappa shape index (κ1) is 11.6. The Bertz CT molecular complexity index is 263. The Balaban J connectivity index is 2.49. The summed E-state index contributed by atoms with van der Waals surface area (Å²) >= 11 is 1.98. The lowest BCUT2D eigenvalue weighted by molar-refractivity contribution is 0.942. The van der Waals surface area contributed by atoms with E-state index in [-0.39, 0.29) is 0 Å². The lowest BCUT2D eigenvalue weighted by Crippen LogP contribution is -2.00. The molecule has 0 saturated heterocycles. The zero-order valence-electron chi connectivity index (χ0n) is 9.05. The molecule has 0 aliphatic heterocycles. The van der Waals surface area contributed by atoms with Crippen molar-refractivity contribution >= 4 is 11.8 Å². The van der Waals surface area contributed by atoms with Crippen LogP contribution in [0.25, 0.3) is 0 Å². The van der Waals surface area contributed by atoms with Crippen LogP contribution in [0, 0.1) is 13.8 Å². The van der Waals surface area contributed by atoms with Crippen molar-refractivity contribution in [1.82, 2.24) is 0 Å². The molecule has 0 bridgehead atoms. The fraction of sp³-hybridized carbons (Fsp3) is 0.500. The molecular weight excluding hydrogens is 190 g/mol. The topological polar surface area (TPSA) is 26.0 Å². The van der Waals surface area contributed by atoms with Crippen molar-refractivity contribution in [3.05, 3.63) is 34.9 Å². The summed E-state index contributed by atoms with van der Waals surface area (Å²) in [6.07, 6.45) is 1.12. The van der Waals surface area contributed by atoms with Crippen LogP contribution in [0.3, 0.4) is 0 Å². The third-order valence-electron chi connectivity index (χ3n) is 2.38. The maximum Gasteiger partial charge on any atom is 0.0189 e. The van der Waals surface area contributed by atoms with E-state index in [1.54, 1.807) is 0 Å². The second-order valence-electron chi connectivity index (χ2n) is 3.57. The Labute approximate surface area is 91.1 Å². The van der Waals surface area contributed by atoms with E-state index in [0.717, 1.165) is 18.7 Å². The number of hydrogen-bond acceptors (Lipinski definition) is 2.